The molecule has 0 saturated carbocycles. The summed E-state index contributed by atoms with van der Waals surface area (Å²) in [4.78, 5) is 14.2. The van der Waals surface area contributed by atoms with E-state index >= 15 is 0 Å². The number of carbonyl (C=O) groups is 1. The molecule has 1 aromatic carbocycles. The Kier molecular flexibility index (Phi) is 3.11. The van der Waals surface area contributed by atoms with Gasteiger partial charge in [0.15, 0.2) is 0 Å². The van der Waals surface area contributed by atoms with Crippen LogP contribution in [0.2, 0.25) is 0 Å². The zero-order chi connectivity index (χ0) is 13.2. The SMILES string of the molecule is CN(C(=O)c1ccoc1)C1CCCc2ccccc21. The highest BCUT2D eigenvalue weighted by molar-refractivity contribution is 5.94. The number of aryl methyl sites for hydroxylation is 1. The van der Waals surface area contributed by atoms with Crippen LogP contribution in [0.25, 0.3) is 0 Å². The van der Waals surface area contributed by atoms with Crippen molar-refractivity contribution in [2.24, 2.45) is 0 Å². The van der Waals surface area contributed by atoms with Crippen LogP contribution in [0.5, 0.6) is 0 Å². The molecule has 1 aliphatic carbocycles. The first-order valence-electron chi connectivity index (χ1n) is 6.64. The second-order valence-corrected chi connectivity index (χ2v) is 5.03. The summed E-state index contributed by atoms with van der Waals surface area (Å²) >= 11 is 0. The van der Waals surface area contributed by atoms with E-state index in [4.69, 9.17) is 4.42 Å². The van der Waals surface area contributed by atoms with E-state index in [1.165, 1.54) is 23.7 Å². The van der Waals surface area contributed by atoms with Crippen molar-refractivity contribution in [1.29, 1.82) is 0 Å². The first kappa shape index (κ1) is 12.0. The Labute approximate surface area is 112 Å². The molecule has 1 heterocycles. The molecule has 0 N–H and O–H groups in total. The summed E-state index contributed by atoms with van der Waals surface area (Å²) in [5.74, 6) is 0.0236. The maximum atomic E-state index is 12.4. The fourth-order valence-electron chi connectivity index (χ4n) is 2.86. The molecule has 1 unspecified atom stereocenters. The molecule has 3 heteroatoms. The predicted molar refractivity (Wildman–Crippen MR) is 72.9 cm³/mol. The first-order chi connectivity index (χ1) is 9.27. The van der Waals surface area contributed by atoms with E-state index in [-0.39, 0.29) is 11.9 Å². The van der Waals surface area contributed by atoms with Crippen molar-refractivity contribution >= 4 is 5.91 Å². The van der Waals surface area contributed by atoms with Crippen molar-refractivity contribution in [1.82, 2.24) is 4.90 Å². The monoisotopic (exact) mass is 255 g/mol. The van der Waals surface area contributed by atoms with Crippen LogP contribution in [0, 0.1) is 0 Å². The molecule has 0 fully saturated rings. The second kappa shape index (κ2) is 4.92. The topological polar surface area (TPSA) is 33.5 Å². The highest BCUT2D eigenvalue weighted by Gasteiger charge is 2.27. The molecule has 1 aliphatic rings. The van der Waals surface area contributed by atoms with Crippen molar-refractivity contribution in [2.45, 2.75) is 25.3 Å². The lowest BCUT2D eigenvalue weighted by molar-refractivity contribution is 0.0714. The number of hydrogen-bond acceptors (Lipinski definition) is 2. The standard InChI is InChI=1S/C16H17NO2/c1-17(16(18)13-9-10-19-11-13)15-8-4-6-12-5-2-3-7-14(12)15/h2-3,5,7,9-11,15H,4,6,8H2,1H3. The minimum Gasteiger partial charge on any atom is -0.472 e. The molecular formula is C16H17NO2. The van der Waals surface area contributed by atoms with Gasteiger partial charge in [0.05, 0.1) is 17.9 Å². The normalized spacial score (nSPS) is 17.8. The van der Waals surface area contributed by atoms with E-state index in [1.54, 1.807) is 6.07 Å². The summed E-state index contributed by atoms with van der Waals surface area (Å²) in [6.07, 6.45) is 6.31. The third kappa shape index (κ3) is 2.16. The lowest BCUT2D eigenvalue weighted by atomic mass is 9.87. The number of hydrogen-bond donors (Lipinski definition) is 0. The molecule has 98 valence electrons. The smallest absolute Gasteiger partial charge is 0.257 e. The molecule has 0 bridgehead atoms. The van der Waals surface area contributed by atoms with Crippen molar-refractivity contribution in [3.8, 4) is 0 Å². The number of carbonyl (C=O) groups excluding carboxylic acids is 1. The van der Waals surface area contributed by atoms with Gasteiger partial charge in [-0.25, -0.2) is 0 Å². The summed E-state index contributed by atoms with van der Waals surface area (Å²) in [5, 5.41) is 0. The number of fused-ring (bicyclic) bond motifs is 1. The average molecular weight is 255 g/mol. The van der Waals surface area contributed by atoms with E-state index in [9.17, 15) is 4.79 Å². The molecule has 1 amide bonds. The molecule has 0 saturated heterocycles. The molecular weight excluding hydrogens is 238 g/mol. The molecule has 19 heavy (non-hydrogen) atoms. The van der Waals surface area contributed by atoms with Crippen LogP contribution >= 0.6 is 0 Å². The van der Waals surface area contributed by atoms with E-state index in [0.29, 0.717) is 5.56 Å². The van der Waals surface area contributed by atoms with Gasteiger partial charge in [0.25, 0.3) is 5.91 Å². The Morgan fingerprint density at radius 3 is 2.95 bits per heavy atom. The van der Waals surface area contributed by atoms with Crippen LogP contribution in [0.1, 0.15) is 40.4 Å². The van der Waals surface area contributed by atoms with Crippen LogP contribution < -0.4 is 0 Å². The predicted octanol–water partition coefficient (Wildman–Crippen LogP) is 3.43. The Hall–Kier alpha value is -2.03. The highest BCUT2D eigenvalue weighted by Crippen LogP contribution is 2.34. The quantitative estimate of drug-likeness (QED) is 0.823. The molecule has 3 nitrogen and oxygen atoms in total. The van der Waals surface area contributed by atoms with Crippen molar-refractivity contribution in [3.05, 3.63) is 59.5 Å². The molecule has 0 radical (unpaired) electrons. The summed E-state index contributed by atoms with van der Waals surface area (Å²) in [7, 11) is 1.88. The zero-order valence-corrected chi connectivity index (χ0v) is 11.0. The molecule has 1 aromatic heterocycles. The Balaban J connectivity index is 1.89. The largest absolute Gasteiger partial charge is 0.472 e. The Bertz CT molecular complexity index is 574. The highest BCUT2D eigenvalue weighted by atomic mass is 16.3. The van der Waals surface area contributed by atoms with Crippen LogP contribution in [-0.2, 0) is 6.42 Å². The Morgan fingerprint density at radius 2 is 2.16 bits per heavy atom. The van der Waals surface area contributed by atoms with Crippen molar-refractivity contribution in [2.75, 3.05) is 7.05 Å². The summed E-state index contributed by atoms with van der Waals surface area (Å²) < 4.78 is 5.00. The first-order valence-corrected chi connectivity index (χ1v) is 6.64. The molecule has 0 spiro atoms. The van der Waals surface area contributed by atoms with Gasteiger partial charge in [-0.1, -0.05) is 24.3 Å². The number of nitrogens with zero attached hydrogens (tertiary/aromatic N) is 1. The number of benzene rings is 1. The fourth-order valence-corrected chi connectivity index (χ4v) is 2.86. The fraction of sp³-hybridized carbons (Fsp3) is 0.312. The summed E-state index contributed by atoms with van der Waals surface area (Å²) in [6, 6.07) is 10.3. The van der Waals surface area contributed by atoms with Gasteiger partial charge in [-0.3, -0.25) is 4.79 Å². The van der Waals surface area contributed by atoms with Gasteiger partial charge in [0.1, 0.15) is 6.26 Å². The number of furan rings is 1. The lowest BCUT2D eigenvalue weighted by Crippen LogP contribution is -2.33. The van der Waals surface area contributed by atoms with Gasteiger partial charge in [0, 0.05) is 7.05 Å². The van der Waals surface area contributed by atoms with Crippen LogP contribution in [0.15, 0.2) is 47.3 Å². The second-order valence-electron chi connectivity index (χ2n) is 5.03. The maximum absolute atomic E-state index is 12.4. The summed E-state index contributed by atoms with van der Waals surface area (Å²) in [6.45, 7) is 0. The molecule has 3 rings (SSSR count). The third-order valence-corrected chi connectivity index (χ3v) is 3.89. The van der Waals surface area contributed by atoms with Crippen LogP contribution in [-0.4, -0.2) is 17.9 Å². The Morgan fingerprint density at radius 1 is 1.32 bits per heavy atom. The number of amides is 1. The van der Waals surface area contributed by atoms with Crippen molar-refractivity contribution < 1.29 is 9.21 Å². The molecule has 0 aliphatic heterocycles. The minimum absolute atomic E-state index is 0.0236. The van der Waals surface area contributed by atoms with E-state index in [1.807, 2.05) is 18.0 Å². The number of rotatable bonds is 2. The lowest BCUT2D eigenvalue weighted by Gasteiger charge is -2.33. The van der Waals surface area contributed by atoms with E-state index in [0.717, 1.165) is 19.3 Å². The summed E-state index contributed by atoms with van der Waals surface area (Å²) in [5.41, 5.74) is 3.27. The maximum Gasteiger partial charge on any atom is 0.257 e. The zero-order valence-electron chi connectivity index (χ0n) is 11.0. The average Bonchev–Trinajstić information content (AvgIpc) is 2.99. The van der Waals surface area contributed by atoms with Gasteiger partial charge >= 0.3 is 0 Å². The third-order valence-electron chi connectivity index (χ3n) is 3.89. The van der Waals surface area contributed by atoms with Gasteiger partial charge in [0.2, 0.25) is 0 Å². The van der Waals surface area contributed by atoms with Gasteiger partial charge in [-0.15, -0.1) is 0 Å². The van der Waals surface area contributed by atoms with Gasteiger partial charge in [-0.05, 0) is 36.5 Å². The molecule has 2 aromatic rings. The van der Waals surface area contributed by atoms with Gasteiger partial charge in [-0.2, -0.15) is 0 Å². The van der Waals surface area contributed by atoms with Crippen LogP contribution in [0.4, 0.5) is 0 Å². The van der Waals surface area contributed by atoms with Crippen molar-refractivity contribution in [3.63, 3.8) is 0 Å². The minimum atomic E-state index is 0.0236. The van der Waals surface area contributed by atoms with Gasteiger partial charge < -0.3 is 9.32 Å². The van der Waals surface area contributed by atoms with Crippen LogP contribution in [0.3, 0.4) is 0 Å². The van der Waals surface area contributed by atoms with E-state index in [2.05, 4.69) is 18.2 Å². The molecule has 1 atom stereocenters. The van der Waals surface area contributed by atoms with E-state index < -0.39 is 0 Å².